The van der Waals surface area contributed by atoms with Gasteiger partial charge < -0.3 is 16.4 Å². The van der Waals surface area contributed by atoms with Gasteiger partial charge >= 0.3 is 0 Å². The third-order valence-electron chi connectivity index (χ3n) is 2.49. The lowest BCUT2D eigenvalue weighted by Gasteiger charge is -2.08. The summed E-state index contributed by atoms with van der Waals surface area (Å²) in [6, 6.07) is 5.28. The molecule has 0 bridgehead atoms. The van der Waals surface area contributed by atoms with Crippen LogP contribution in [0.3, 0.4) is 0 Å². The molecular weight excluding hydrogens is 206 g/mol. The average Bonchev–Trinajstić information content (AvgIpc) is 2.62. The van der Waals surface area contributed by atoms with E-state index in [9.17, 15) is 9.59 Å². The molecule has 0 fully saturated rings. The molecule has 0 saturated carbocycles. The minimum Gasteiger partial charge on any atom is -0.348 e. The minimum absolute atomic E-state index is 0.0927. The Kier molecular flexibility index (Phi) is 2.87. The largest absolute Gasteiger partial charge is 0.348 e. The summed E-state index contributed by atoms with van der Waals surface area (Å²) >= 11 is 0. The van der Waals surface area contributed by atoms with Gasteiger partial charge in [-0.25, -0.2) is 0 Å². The highest BCUT2D eigenvalue weighted by molar-refractivity contribution is 6.02. The van der Waals surface area contributed by atoms with Gasteiger partial charge in [-0.2, -0.15) is 0 Å². The maximum Gasteiger partial charge on any atom is 0.251 e. The summed E-state index contributed by atoms with van der Waals surface area (Å²) in [5.74, 6) is -0.222. The molecule has 0 aliphatic carbocycles. The summed E-state index contributed by atoms with van der Waals surface area (Å²) in [5.41, 5.74) is 7.46. The molecule has 0 aromatic heterocycles. The van der Waals surface area contributed by atoms with Gasteiger partial charge in [0.2, 0.25) is 5.91 Å². The standard InChI is InChI=1S/C11H13N3O2/c12-5-4-10(15)14-9-3-1-2-7-8(9)6-13-11(7)16/h1-3H,4-6,12H2,(H,13,16)(H,14,15). The third-order valence-corrected chi connectivity index (χ3v) is 2.49. The molecule has 5 nitrogen and oxygen atoms in total. The predicted octanol–water partition coefficient (Wildman–Crippen LogP) is 0.217. The molecule has 1 heterocycles. The zero-order chi connectivity index (χ0) is 11.5. The number of carbonyl (C=O) groups excluding carboxylic acids is 2. The first kappa shape index (κ1) is 10.6. The van der Waals surface area contributed by atoms with Crippen molar-refractivity contribution < 1.29 is 9.59 Å². The van der Waals surface area contributed by atoms with Crippen molar-refractivity contribution in [3.63, 3.8) is 0 Å². The first-order valence-electron chi connectivity index (χ1n) is 5.12. The lowest BCUT2D eigenvalue weighted by atomic mass is 10.1. The summed E-state index contributed by atoms with van der Waals surface area (Å²) in [5, 5.41) is 5.47. The van der Waals surface area contributed by atoms with E-state index in [1.165, 1.54) is 0 Å². The third kappa shape index (κ3) is 1.90. The fourth-order valence-electron chi connectivity index (χ4n) is 1.71. The van der Waals surface area contributed by atoms with Gasteiger partial charge in [0.1, 0.15) is 0 Å². The predicted molar refractivity (Wildman–Crippen MR) is 59.9 cm³/mol. The van der Waals surface area contributed by atoms with Gasteiger partial charge in [0, 0.05) is 36.3 Å². The SMILES string of the molecule is NCCC(=O)Nc1cccc2c1CNC2=O. The summed E-state index contributed by atoms with van der Waals surface area (Å²) in [6.45, 7) is 0.783. The second-order valence-corrected chi connectivity index (χ2v) is 3.60. The summed E-state index contributed by atoms with van der Waals surface area (Å²) in [7, 11) is 0. The Labute approximate surface area is 93.0 Å². The Hall–Kier alpha value is -1.88. The van der Waals surface area contributed by atoms with Crippen molar-refractivity contribution in [2.24, 2.45) is 5.73 Å². The lowest BCUT2D eigenvalue weighted by Crippen LogP contribution is -2.17. The zero-order valence-electron chi connectivity index (χ0n) is 8.75. The van der Waals surface area contributed by atoms with E-state index in [-0.39, 0.29) is 18.2 Å². The number of hydrogen-bond donors (Lipinski definition) is 3. The van der Waals surface area contributed by atoms with Crippen LogP contribution >= 0.6 is 0 Å². The molecule has 0 unspecified atom stereocenters. The van der Waals surface area contributed by atoms with Crippen molar-refractivity contribution in [1.82, 2.24) is 5.32 Å². The maximum atomic E-state index is 11.4. The van der Waals surface area contributed by atoms with Crippen LogP contribution in [0.1, 0.15) is 22.3 Å². The maximum absolute atomic E-state index is 11.4. The van der Waals surface area contributed by atoms with E-state index in [0.29, 0.717) is 24.3 Å². The van der Waals surface area contributed by atoms with Crippen LogP contribution in [-0.2, 0) is 11.3 Å². The summed E-state index contributed by atoms with van der Waals surface area (Å²) in [6.07, 6.45) is 0.283. The zero-order valence-corrected chi connectivity index (χ0v) is 8.75. The monoisotopic (exact) mass is 219 g/mol. The molecule has 1 aliphatic rings. The molecule has 0 radical (unpaired) electrons. The van der Waals surface area contributed by atoms with Crippen LogP contribution in [0.2, 0.25) is 0 Å². The fourth-order valence-corrected chi connectivity index (χ4v) is 1.71. The normalized spacial score (nSPS) is 13.2. The molecule has 84 valence electrons. The molecule has 0 atom stereocenters. The highest BCUT2D eigenvalue weighted by Crippen LogP contribution is 2.24. The van der Waals surface area contributed by atoms with Crippen LogP contribution in [0.4, 0.5) is 5.69 Å². The molecule has 5 heteroatoms. The van der Waals surface area contributed by atoms with Gasteiger partial charge in [-0.3, -0.25) is 9.59 Å². The van der Waals surface area contributed by atoms with Crippen molar-refractivity contribution in [2.75, 3.05) is 11.9 Å². The van der Waals surface area contributed by atoms with E-state index >= 15 is 0 Å². The first-order chi connectivity index (χ1) is 7.72. The number of nitrogens with two attached hydrogens (primary N) is 1. The topological polar surface area (TPSA) is 84.2 Å². The number of benzene rings is 1. The van der Waals surface area contributed by atoms with Gasteiger partial charge in [0.05, 0.1) is 0 Å². The number of anilines is 1. The molecule has 2 amide bonds. The summed E-state index contributed by atoms with van der Waals surface area (Å²) < 4.78 is 0. The van der Waals surface area contributed by atoms with E-state index in [0.717, 1.165) is 5.56 Å². The number of amides is 2. The molecule has 0 spiro atoms. The van der Waals surface area contributed by atoms with E-state index in [1.807, 2.05) is 0 Å². The second kappa shape index (κ2) is 4.32. The summed E-state index contributed by atoms with van der Waals surface area (Å²) in [4.78, 5) is 22.8. The van der Waals surface area contributed by atoms with E-state index < -0.39 is 0 Å². The molecule has 0 saturated heterocycles. The van der Waals surface area contributed by atoms with Gasteiger partial charge in [0.15, 0.2) is 0 Å². The van der Waals surface area contributed by atoms with Crippen molar-refractivity contribution >= 4 is 17.5 Å². The Morgan fingerprint density at radius 1 is 1.50 bits per heavy atom. The van der Waals surface area contributed by atoms with E-state index in [2.05, 4.69) is 10.6 Å². The highest BCUT2D eigenvalue weighted by atomic mass is 16.2. The smallest absolute Gasteiger partial charge is 0.251 e. The van der Waals surface area contributed by atoms with Crippen LogP contribution in [0.25, 0.3) is 0 Å². The van der Waals surface area contributed by atoms with Crippen molar-refractivity contribution in [1.29, 1.82) is 0 Å². The molecule has 2 rings (SSSR count). The van der Waals surface area contributed by atoms with Crippen LogP contribution in [0.5, 0.6) is 0 Å². The van der Waals surface area contributed by atoms with Crippen LogP contribution in [0.15, 0.2) is 18.2 Å². The Balaban J connectivity index is 2.23. The molecule has 4 N–H and O–H groups in total. The number of rotatable bonds is 3. The molecular formula is C11H13N3O2. The van der Waals surface area contributed by atoms with Gasteiger partial charge in [0.25, 0.3) is 5.91 Å². The number of carbonyl (C=O) groups is 2. The second-order valence-electron chi connectivity index (χ2n) is 3.60. The molecule has 16 heavy (non-hydrogen) atoms. The Morgan fingerprint density at radius 2 is 2.31 bits per heavy atom. The Morgan fingerprint density at radius 3 is 3.06 bits per heavy atom. The average molecular weight is 219 g/mol. The van der Waals surface area contributed by atoms with Crippen LogP contribution in [-0.4, -0.2) is 18.4 Å². The Bertz CT molecular complexity index is 443. The van der Waals surface area contributed by atoms with Gasteiger partial charge in [-0.1, -0.05) is 6.07 Å². The number of nitrogens with one attached hydrogen (secondary N) is 2. The van der Waals surface area contributed by atoms with E-state index in [4.69, 9.17) is 5.73 Å². The molecule has 1 aliphatic heterocycles. The molecule has 1 aromatic rings. The van der Waals surface area contributed by atoms with Gasteiger partial charge in [-0.05, 0) is 12.1 Å². The first-order valence-corrected chi connectivity index (χ1v) is 5.12. The molecule has 1 aromatic carbocycles. The minimum atomic E-state index is -0.129. The number of fused-ring (bicyclic) bond motifs is 1. The lowest BCUT2D eigenvalue weighted by molar-refractivity contribution is -0.116. The van der Waals surface area contributed by atoms with Crippen molar-refractivity contribution in [2.45, 2.75) is 13.0 Å². The fraction of sp³-hybridized carbons (Fsp3) is 0.273. The van der Waals surface area contributed by atoms with Gasteiger partial charge in [-0.15, -0.1) is 0 Å². The number of hydrogen-bond acceptors (Lipinski definition) is 3. The van der Waals surface area contributed by atoms with Crippen molar-refractivity contribution in [3.05, 3.63) is 29.3 Å². The van der Waals surface area contributed by atoms with E-state index in [1.54, 1.807) is 18.2 Å². The van der Waals surface area contributed by atoms with Crippen molar-refractivity contribution in [3.8, 4) is 0 Å². The van der Waals surface area contributed by atoms with Crippen LogP contribution < -0.4 is 16.4 Å². The quantitative estimate of drug-likeness (QED) is 0.679. The highest BCUT2D eigenvalue weighted by Gasteiger charge is 2.21. The van der Waals surface area contributed by atoms with Crippen LogP contribution in [0, 0.1) is 0 Å².